The van der Waals surface area contributed by atoms with E-state index in [9.17, 15) is 9.59 Å². The summed E-state index contributed by atoms with van der Waals surface area (Å²) >= 11 is 9.91. The van der Waals surface area contributed by atoms with Crippen LogP contribution in [0.2, 0.25) is 5.02 Å². The maximum atomic E-state index is 13.1. The smallest absolute Gasteiger partial charge is 0.251 e. The molecule has 2 aliphatic heterocycles. The Balaban J connectivity index is 1.45. The van der Waals surface area contributed by atoms with Crippen molar-refractivity contribution in [3.05, 3.63) is 87.0 Å². The summed E-state index contributed by atoms with van der Waals surface area (Å²) in [6.07, 6.45) is 6.48. The van der Waals surface area contributed by atoms with Crippen molar-refractivity contribution in [2.75, 3.05) is 13.1 Å². The molecule has 39 heavy (non-hydrogen) atoms. The van der Waals surface area contributed by atoms with E-state index in [0.717, 1.165) is 28.0 Å². The number of aliphatic imine (C=N–C) groups is 1. The van der Waals surface area contributed by atoms with E-state index in [-0.39, 0.29) is 36.5 Å². The van der Waals surface area contributed by atoms with Crippen LogP contribution in [-0.2, 0) is 11.2 Å². The van der Waals surface area contributed by atoms with E-state index in [0.29, 0.717) is 22.8 Å². The molecule has 2 aromatic carbocycles. The fraction of sp³-hybridized carbons (Fsp3) is 0.345. The molecule has 0 spiro atoms. The van der Waals surface area contributed by atoms with Gasteiger partial charge in [-0.3, -0.25) is 14.6 Å². The van der Waals surface area contributed by atoms with E-state index in [2.05, 4.69) is 43.6 Å². The van der Waals surface area contributed by atoms with E-state index in [1.807, 2.05) is 44.3 Å². The van der Waals surface area contributed by atoms with Crippen LogP contribution in [0.25, 0.3) is 0 Å². The first-order chi connectivity index (χ1) is 18.6. The molecule has 2 heterocycles. The predicted molar refractivity (Wildman–Crippen MR) is 158 cm³/mol. The molecule has 1 unspecified atom stereocenters. The lowest BCUT2D eigenvalue weighted by atomic mass is 10.0. The number of hydrogen-bond acceptors (Lipinski definition) is 6. The summed E-state index contributed by atoms with van der Waals surface area (Å²) in [6.45, 7) is 6.44. The number of amides is 2. The van der Waals surface area contributed by atoms with Gasteiger partial charge in [-0.05, 0) is 84.6 Å². The minimum absolute atomic E-state index is 0.0333. The van der Waals surface area contributed by atoms with Gasteiger partial charge in [-0.1, -0.05) is 35.9 Å². The zero-order valence-corrected chi connectivity index (χ0v) is 24.5. The minimum atomic E-state index is -0.648. The third-order valence-corrected chi connectivity index (χ3v) is 7.23. The second kappa shape index (κ2) is 12.8. The molecule has 2 aromatic rings. The van der Waals surface area contributed by atoms with Crippen molar-refractivity contribution in [3.8, 4) is 5.75 Å². The number of benzene rings is 2. The summed E-state index contributed by atoms with van der Waals surface area (Å²) in [5.41, 5.74) is 8.24. The fourth-order valence-electron chi connectivity index (χ4n) is 4.33. The Kier molecular flexibility index (Phi) is 9.48. The van der Waals surface area contributed by atoms with Gasteiger partial charge in [0.2, 0.25) is 5.91 Å². The van der Waals surface area contributed by atoms with E-state index in [1.165, 1.54) is 0 Å². The second-order valence-corrected chi connectivity index (χ2v) is 11.2. The van der Waals surface area contributed by atoms with Crippen LogP contribution in [0.5, 0.6) is 5.75 Å². The van der Waals surface area contributed by atoms with E-state index < -0.39 is 6.04 Å². The maximum absolute atomic E-state index is 13.1. The number of hydrogen-bond donors (Lipinski definition) is 3. The molecule has 0 saturated carbocycles. The van der Waals surface area contributed by atoms with Crippen molar-refractivity contribution >= 4 is 45.2 Å². The Labute approximate surface area is 242 Å². The molecule has 0 fully saturated rings. The highest BCUT2D eigenvalue weighted by Gasteiger charge is 2.27. The summed E-state index contributed by atoms with van der Waals surface area (Å²) in [5.74, 6) is 0.874. The Hall–Kier alpha value is -3.14. The number of carbonyl (C=O) groups excluding carboxylic acids is 2. The molecular formula is C29H33BrClN5O3. The maximum Gasteiger partial charge on any atom is 0.251 e. The Morgan fingerprint density at radius 2 is 1.95 bits per heavy atom. The Morgan fingerprint density at radius 1 is 1.21 bits per heavy atom. The van der Waals surface area contributed by atoms with E-state index >= 15 is 0 Å². The number of allylic oxidation sites excluding steroid dienone is 2. The first-order valence-corrected chi connectivity index (χ1v) is 14.1. The molecule has 0 bridgehead atoms. The number of fused-ring (bicyclic) bond motifs is 1. The molecule has 2 amide bonds. The monoisotopic (exact) mass is 613 g/mol. The van der Waals surface area contributed by atoms with Crippen molar-refractivity contribution in [1.82, 2.24) is 15.5 Å². The zero-order valence-electron chi connectivity index (χ0n) is 22.2. The lowest BCUT2D eigenvalue weighted by Gasteiger charge is -2.21. The number of carbonyl (C=O) groups is 2. The van der Waals surface area contributed by atoms with Gasteiger partial charge in [-0.2, -0.15) is 0 Å². The SMILES string of the molecule is CC(C)Oc1ccc(C(=O)N[C@H](CNC(=O)[C@@H](C)N)Cc2ccc(C3CN4C=CC=C(Br)C4=N3)cc2)cc1Cl. The van der Waals surface area contributed by atoms with Gasteiger partial charge < -0.3 is 26.0 Å². The summed E-state index contributed by atoms with van der Waals surface area (Å²) < 4.78 is 6.64. The topological polar surface area (TPSA) is 109 Å². The van der Waals surface area contributed by atoms with Gasteiger partial charge in [-0.15, -0.1) is 0 Å². The molecule has 3 atom stereocenters. The van der Waals surface area contributed by atoms with Crippen molar-refractivity contribution < 1.29 is 14.3 Å². The van der Waals surface area contributed by atoms with Crippen LogP contribution in [0.1, 0.15) is 48.3 Å². The lowest BCUT2D eigenvalue weighted by molar-refractivity contribution is -0.122. The largest absolute Gasteiger partial charge is 0.489 e. The fourth-order valence-corrected chi connectivity index (χ4v) is 5.04. The van der Waals surface area contributed by atoms with Crippen molar-refractivity contribution in [2.45, 2.75) is 51.4 Å². The van der Waals surface area contributed by atoms with Gasteiger partial charge in [0.1, 0.15) is 11.6 Å². The zero-order chi connectivity index (χ0) is 28.1. The van der Waals surface area contributed by atoms with Gasteiger partial charge in [0.05, 0.1) is 40.3 Å². The molecule has 0 saturated heterocycles. The molecule has 4 rings (SSSR count). The quantitative estimate of drug-likeness (QED) is 0.365. The van der Waals surface area contributed by atoms with Crippen LogP contribution < -0.4 is 21.1 Å². The van der Waals surface area contributed by atoms with E-state index in [1.54, 1.807) is 25.1 Å². The molecule has 10 heteroatoms. The van der Waals surface area contributed by atoms with Crippen LogP contribution in [0.15, 0.2) is 70.3 Å². The van der Waals surface area contributed by atoms with Gasteiger partial charge >= 0.3 is 0 Å². The third kappa shape index (κ3) is 7.50. The average Bonchev–Trinajstić information content (AvgIpc) is 3.34. The standard InChI is InChI=1S/C29H33BrClN5O3/c1-17(2)39-26-11-10-21(14-24(26)31)29(38)34-22(15-33-28(37)18(3)32)13-19-6-8-20(9-7-19)25-16-36-12-4-5-23(30)27(36)35-25/h4-12,14,17-18,22,25H,13,15-16,32H2,1-3H3,(H,33,37)(H,34,38)/t18-,22+,25?/m1/s1. The highest BCUT2D eigenvalue weighted by Crippen LogP contribution is 2.31. The summed E-state index contributed by atoms with van der Waals surface area (Å²) in [6, 6.07) is 12.2. The third-order valence-electron chi connectivity index (χ3n) is 6.32. The molecule has 4 N–H and O–H groups in total. The van der Waals surface area contributed by atoms with Crippen LogP contribution >= 0.6 is 27.5 Å². The van der Waals surface area contributed by atoms with Crippen molar-refractivity contribution in [3.63, 3.8) is 0 Å². The van der Waals surface area contributed by atoms with Gasteiger partial charge in [0.25, 0.3) is 5.91 Å². The first kappa shape index (κ1) is 28.9. The van der Waals surface area contributed by atoms with Crippen molar-refractivity contribution in [1.29, 1.82) is 0 Å². The van der Waals surface area contributed by atoms with Gasteiger partial charge in [0.15, 0.2) is 0 Å². The predicted octanol–water partition coefficient (Wildman–Crippen LogP) is 4.49. The number of ether oxygens (including phenoxy) is 1. The van der Waals surface area contributed by atoms with Crippen molar-refractivity contribution in [2.24, 2.45) is 10.7 Å². The minimum Gasteiger partial charge on any atom is -0.489 e. The Morgan fingerprint density at radius 3 is 2.59 bits per heavy atom. The summed E-state index contributed by atoms with van der Waals surface area (Å²) in [4.78, 5) is 32.2. The molecule has 8 nitrogen and oxygen atoms in total. The normalized spacial score (nSPS) is 17.7. The summed E-state index contributed by atoms with van der Waals surface area (Å²) in [5, 5.41) is 6.22. The summed E-state index contributed by atoms with van der Waals surface area (Å²) in [7, 11) is 0. The molecular weight excluding hydrogens is 582 g/mol. The molecule has 0 radical (unpaired) electrons. The number of nitrogens with zero attached hydrogens (tertiary/aromatic N) is 2. The number of amidine groups is 1. The molecule has 0 aromatic heterocycles. The second-order valence-electron chi connectivity index (χ2n) is 9.94. The average molecular weight is 615 g/mol. The van der Waals surface area contributed by atoms with E-state index in [4.69, 9.17) is 27.1 Å². The van der Waals surface area contributed by atoms with Crippen LogP contribution in [0.4, 0.5) is 0 Å². The number of halogens is 2. The van der Waals surface area contributed by atoms with Crippen LogP contribution in [0, 0.1) is 0 Å². The molecule has 2 aliphatic rings. The number of rotatable bonds is 10. The number of nitrogens with two attached hydrogens (primary N) is 1. The highest BCUT2D eigenvalue weighted by atomic mass is 79.9. The lowest BCUT2D eigenvalue weighted by Crippen LogP contribution is -2.48. The Bertz CT molecular complexity index is 1310. The number of nitrogens with one attached hydrogen (secondary N) is 2. The van der Waals surface area contributed by atoms with Crippen LogP contribution in [0.3, 0.4) is 0 Å². The van der Waals surface area contributed by atoms with Crippen LogP contribution in [-0.4, -0.2) is 53.8 Å². The molecule has 0 aliphatic carbocycles. The molecule has 206 valence electrons. The first-order valence-electron chi connectivity index (χ1n) is 12.9. The highest BCUT2D eigenvalue weighted by molar-refractivity contribution is 9.12. The van der Waals surface area contributed by atoms with Gasteiger partial charge in [0, 0.05) is 18.3 Å². The van der Waals surface area contributed by atoms with Gasteiger partial charge in [-0.25, -0.2) is 0 Å².